The Labute approximate surface area is 254 Å². The van der Waals surface area contributed by atoms with Gasteiger partial charge in [-0.1, -0.05) is 140 Å². The molecule has 0 saturated carbocycles. The van der Waals surface area contributed by atoms with Gasteiger partial charge in [-0.05, 0) is 64.2 Å². The second-order valence-electron chi connectivity index (χ2n) is 11.6. The molecule has 4 nitrogen and oxygen atoms in total. The molecule has 0 aliphatic carbocycles. The quantitative estimate of drug-likeness (QED) is 0.0591. The van der Waals surface area contributed by atoms with Crippen molar-refractivity contribution in [3.63, 3.8) is 0 Å². The van der Waals surface area contributed by atoms with Crippen LogP contribution in [-0.2, 0) is 4.79 Å². The van der Waals surface area contributed by atoms with E-state index >= 15 is 0 Å². The van der Waals surface area contributed by atoms with Crippen molar-refractivity contribution in [1.82, 2.24) is 5.32 Å². The van der Waals surface area contributed by atoms with Gasteiger partial charge in [0.2, 0.25) is 5.91 Å². The third-order valence-corrected chi connectivity index (χ3v) is 7.49. The Kier molecular flexibility index (Phi) is 31.5. The van der Waals surface area contributed by atoms with E-state index in [1.54, 1.807) is 6.08 Å². The summed E-state index contributed by atoms with van der Waals surface area (Å²) in [5.41, 5.74) is 0. The average molecular weight is 574 g/mol. The highest BCUT2D eigenvalue weighted by molar-refractivity contribution is 5.76. The summed E-state index contributed by atoms with van der Waals surface area (Å²) in [5.74, 6) is -0.0934. The number of nitrogens with one attached hydrogen (secondary N) is 1. The minimum atomic E-state index is -0.871. The number of carbonyl (C=O) groups is 1. The number of aliphatic hydroxyl groups is 2. The largest absolute Gasteiger partial charge is 0.394 e. The fraction of sp³-hybridized carbons (Fsp3) is 0.757. The lowest BCUT2D eigenvalue weighted by Crippen LogP contribution is -2.45. The summed E-state index contributed by atoms with van der Waals surface area (Å²) < 4.78 is 0. The molecular weight excluding hydrogens is 506 g/mol. The highest BCUT2D eigenvalue weighted by atomic mass is 16.3. The molecule has 41 heavy (non-hydrogen) atoms. The highest BCUT2D eigenvalue weighted by Gasteiger charge is 2.17. The van der Waals surface area contributed by atoms with Crippen molar-refractivity contribution in [2.24, 2.45) is 0 Å². The summed E-state index contributed by atoms with van der Waals surface area (Å²) in [7, 11) is 0. The third kappa shape index (κ3) is 29.6. The number of allylic oxidation sites excluding steroid dienone is 7. The molecule has 3 N–H and O–H groups in total. The Hall–Kier alpha value is -1.65. The molecule has 0 aromatic carbocycles. The SMILES string of the molecule is CCC/C=C\CCCCCCCC(=O)NC(CO)C(O)/C=C/CC/C=C/CC/C=C/CCCCCCCCCCC. The fourth-order valence-electron chi connectivity index (χ4n) is 4.80. The molecule has 0 aliphatic rings. The molecule has 0 radical (unpaired) electrons. The zero-order valence-electron chi connectivity index (χ0n) is 27.0. The summed E-state index contributed by atoms with van der Waals surface area (Å²) in [6.07, 6.45) is 43.4. The maximum absolute atomic E-state index is 12.2. The van der Waals surface area contributed by atoms with Crippen LogP contribution < -0.4 is 5.32 Å². The van der Waals surface area contributed by atoms with Crippen molar-refractivity contribution < 1.29 is 15.0 Å². The Bertz CT molecular complexity index is 667. The lowest BCUT2D eigenvalue weighted by molar-refractivity contribution is -0.123. The van der Waals surface area contributed by atoms with Crippen LogP contribution in [0.25, 0.3) is 0 Å². The van der Waals surface area contributed by atoms with Gasteiger partial charge in [-0.3, -0.25) is 4.79 Å². The van der Waals surface area contributed by atoms with Gasteiger partial charge in [-0.2, -0.15) is 0 Å². The normalized spacial score (nSPS) is 13.8. The van der Waals surface area contributed by atoms with Crippen LogP contribution in [0.15, 0.2) is 48.6 Å². The molecular formula is C37H67NO3. The van der Waals surface area contributed by atoms with Gasteiger partial charge in [0, 0.05) is 6.42 Å². The summed E-state index contributed by atoms with van der Waals surface area (Å²) in [5, 5.41) is 22.8. The molecule has 1 amide bonds. The maximum atomic E-state index is 12.2. The van der Waals surface area contributed by atoms with Crippen molar-refractivity contribution in [3.05, 3.63) is 48.6 Å². The first kappa shape index (κ1) is 39.4. The van der Waals surface area contributed by atoms with Crippen LogP contribution in [-0.4, -0.2) is 34.9 Å². The second-order valence-corrected chi connectivity index (χ2v) is 11.6. The minimum Gasteiger partial charge on any atom is -0.394 e. The first-order valence-corrected chi connectivity index (χ1v) is 17.4. The number of rotatable bonds is 30. The lowest BCUT2D eigenvalue weighted by atomic mass is 10.1. The van der Waals surface area contributed by atoms with E-state index in [1.807, 2.05) is 6.08 Å². The van der Waals surface area contributed by atoms with Gasteiger partial charge in [-0.25, -0.2) is 0 Å². The maximum Gasteiger partial charge on any atom is 0.220 e. The van der Waals surface area contributed by atoms with E-state index in [0.717, 1.165) is 51.4 Å². The molecule has 0 spiro atoms. The second kappa shape index (κ2) is 32.9. The van der Waals surface area contributed by atoms with E-state index in [9.17, 15) is 15.0 Å². The van der Waals surface area contributed by atoms with Gasteiger partial charge in [-0.15, -0.1) is 0 Å². The Morgan fingerprint density at radius 1 is 0.561 bits per heavy atom. The summed E-state index contributed by atoms with van der Waals surface area (Å²) in [6, 6.07) is -0.647. The number of aliphatic hydroxyl groups excluding tert-OH is 2. The predicted molar refractivity (Wildman–Crippen MR) is 179 cm³/mol. The molecule has 4 heteroatoms. The van der Waals surface area contributed by atoms with Crippen molar-refractivity contribution in [2.75, 3.05) is 6.61 Å². The van der Waals surface area contributed by atoms with E-state index < -0.39 is 12.1 Å². The van der Waals surface area contributed by atoms with Gasteiger partial charge in [0.15, 0.2) is 0 Å². The fourth-order valence-corrected chi connectivity index (χ4v) is 4.80. The first-order chi connectivity index (χ1) is 20.2. The Morgan fingerprint density at radius 3 is 1.51 bits per heavy atom. The molecule has 0 saturated heterocycles. The standard InChI is InChI=1S/C37H67NO3/c1-3-5-7-9-11-13-15-16-17-18-19-20-21-22-23-24-26-28-30-32-36(40)35(34-39)38-37(41)33-31-29-27-25-14-12-10-8-6-4-2/h8,10,19-20,23-24,30,32,35-36,39-40H,3-7,9,11-18,21-22,25-29,31,33-34H2,1-2H3,(H,38,41)/b10-8-,20-19+,24-23+,32-30+. The van der Waals surface area contributed by atoms with Crippen LogP contribution in [0, 0.1) is 0 Å². The van der Waals surface area contributed by atoms with Gasteiger partial charge < -0.3 is 15.5 Å². The lowest BCUT2D eigenvalue weighted by Gasteiger charge is -2.19. The zero-order valence-corrected chi connectivity index (χ0v) is 27.0. The number of amides is 1. The van der Waals surface area contributed by atoms with Crippen LogP contribution in [0.5, 0.6) is 0 Å². The van der Waals surface area contributed by atoms with Crippen LogP contribution in [0.2, 0.25) is 0 Å². The van der Waals surface area contributed by atoms with Gasteiger partial charge in [0.1, 0.15) is 0 Å². The average Bonchev–Trinajstić information content (AvgIpc) is 2.97. The Morgan fingerprint density at radius 2 is 1.00 bits per heavy atom. The molecule has 0 rings (SSSR count). The smallest absolute Gasteiger partial charge is 0.220 e. The number of hydrogen-bond acceptors (Lipinski definition) is 3. The molecule has 2 unspecified atom stereocenters. The topological polar surface area (TPSA) is 69.6 Å². The molecule has 0 aromatic rings. The molecule has 0 aliphatic heterocycles. The number of unbranched alkanes of at least 4 members (excludes halogenated alkanes) is 17. The Balaban J connectivity index is 3.74. The summed E-state index contributed by atoms with van der Waals surface area (Å²) in [4.78, 5) is 12.2. The van der Waals surface area contributed by atoms with Crippen LogP contribution >= 0.6 is 0 Å². The van der Waals surface area contributed by atoms with Gasteiger partial charge >= 0.3 is 0 Å². The van der Waals surface area contributed by atoms with E-state index in [1.165, 1.54) is 89.9 Å². The highest BCUT2D eigenvalue weighted by Crippen LogP contribution is 2.11. The first-order valence-electron chi connectivity index (χ1n) is 17.4. The van der Waals surface area contributed by atoms with Crippen LogP contribution in [0.3, 0.4) is 0 Å². The molecule has 0 bridgehead atoms. The molecule has 0 aromatic heterocycles. The number of carbonyl (C=O) groups excluding carboxylic acids is 1. The zero-order chi connectivity index (χ0) is 30.1. The molecule has 0 fully saturated rings. The molecule has 238 valence electrons. The third-order valence-electron chi connectivity index (χ3n) is 7.49. The summed E-state index contributed by atoms with van der Waals surface area (Å²) >= 11 is 0. The van der Waals surface area contributed by atoms with Crippen molar-refractivity contribution in [2.45, 2.75) is 174 Å². The van der Waals surface area contributed by atoms with Crippen molar-refractivity contribution in [1.29, 1.82) is 0 Å². The van der Waals surface area contributed by atoms with E-state index in [2.05, 4.69) is 55.6 Å². The predicted octanol–water partition coefficient (Wildman–Crippen LogP) is 10.1. The van der Waals surface area contributed by atoms with Gasteiger partial charge in [0.25, 0.3) is 0 Å². The van der Waals surface area contributed by atoms with Crippen LogP contribution in [0.4, 0.5) is 0 Å². The monoisotopic (exact) mass is 574 g/mol. The van der Waals surface area contributed by atoms with Crippen LogP contribution in [0.1, 0.15) is 162 Å². The van der Waals surface area contributed by atoms with Crippen molar-refractivity contribution in [3.8, 4) is 0 Å². The van der Waals surface area contributed by atoms with E-state index in [4.69, 9.17) is 0 Å². The van der Waals surface area contributed by atoms with Gasteiger partial charge in [0.05, 0.1) is 18.8 Å². The van der Waals surface area contributed by atoms with Crippen molar-refractivity contribution >= 4 is 5.91 Å². The number of hydrogen-bond donors (Lipinski definition) is 3. The molecule has 2 atom stereocenters. The summed E-state index contributed by atoms with van der Waals surface area (Å²) in [6.45, 7) is 4.20. The molecule has 0 heterocycles. The van der Waals surface area contributed by atoms with E-state index in [-0.39, 0.29) is 12.5 Å². The minimum absolute atomic E-state index is 0.0934. The van der Waals surface area contributed by atoms with E-state index in [0.29, 0.717) is 6.42 Å².